The van der Waals surface area contributed by atoms with E-state index in [0.29, 0.717) is 0 Å². The molecule has 0 aliphatic rings. The van der Waals surface area contributed by atoms with E-state index in [4.69, 9.17) is 0 Å². The van der Waals surface area contributed by atoms with E-state index in [2.05, 4.69) is 72.2 Å². The summed E-state index contributed by atoms with van der Waals surface area (Å²) in [5.74, 6) is 0. The first-order chi connectivity index (χ1) is 8.20. The Morgan fingerprint density at radius 2 is 1.71 bits per heavy atom. The highest BCUT2D eigenvalue weighted by molar-refractivity contribution is 9.08. The van der Waals surface area contributed by atoms with Crippen molar-refractivity contribution in [3.05, 3.63) is 59.2 Å². The molecule has 0 spiro atoms. The average molecular weight is 305 g/mol. The Balaban J connectivity index is 2.22. The van der Waals surface area contributed by atoms with Gasteiger partial charge in [-0.3, -0.25) is 0 Å². The molecule has 2 aromatic carbocycles. The molecule has 0 nitrogen and oxygen atoms in total. The number of rotatable bonds is 3. The van der Waals surface area contributed by atoms with Gasteiger partial charge in [-0.25, -0.2) is 0 Å². The second-order valence-corrected chi connectivity index (χ2v) is 6.98. The fourth-order valence-corrected chi connectivity index (χ4v) is 4.05. The summed E-state index contributed by atoms with van der Waals surface area (Å²) in [5.41, 5.74) is 4.24. The third-order valence-corrected chi connectivity index (χ3v) is 5.96. The van der Waals surface area contributed by atoms with E-state index in [-0.39, 0.29) is 9.52 Å². The van der Waals surface area contributed by atoms with Crippen LogP contribution in [0.5, 0.6) is 0 Å². The molecule has 17 heavy (non-hydrogen) atoms. The van der Waals surface area contributed by atoms with Gasteiger partial charge in [0.25, 0.3) is 0 Å². The molecule has 0 radical (unpaired) electrons. The van der Waals surface area contributed by atoms with Crippen LogP contribution in [0.1, 0.15) is 16.7 Å². The monoisotopic (exact) mass is 304 g/mol. The van der Waals surface area contributed by atoms with Gasteiger partial charge in [-0.1, -0.05) is 68.8 Å². The van der Waals surface area contributed by atoms with Gasteiger partial charge < -0.3 is 0 Å². The molecule has 0 N–H and O–H groups in total. The number of halogens is 1. The minimum Gasteiger partial charge on any atom is -0.0876 e. The van der Waals surface area contributed by atoms with E-state index in [1.54, 1.807) is 5.19 Å². The van der Waals surface area contributed by atoms with Crippen molar-refractivity contribution in [2.24, 2.45) is 0 Å². The summed E-state index contributed by atoms with van der Waals surface area (Å²) in [5, 5.41) is 4.03. The Bertz CT molecular complexity index is 503. The van der Waals surface area contributed by atoms with E-state index in [0.717, 1.165) is 5.33 Å². The molecule has 0 fully saturated rings. The van der Waals surface area contributed by atoms with Crippen molar-refractivity contribution in [1.82, 2.24) is 0 Å². The van der Waals surface area contributed by atoms with Gasteiger partial charge in [0.2, 0.25) is 0 Å². The lowest BCUT2D eigenvalue weighted by Gasteiger charge is -2.08. The van der Waals surface area contributed by atoms with Gasteiger partial charge in [0.15, 0.2) is 0 Å². The van der Waals surface area contributed by atoms with Crippen molar-refractivity contribution < 1.29 is 0 Å². The third kappa shape index (κ3) is 3.08. The van der Waals surface area contributed by atoms with Crippen molar-refractivity contribution in [1.29, 1.82) is 0 Å². The molecule has 0 heterocycles. The molecule has 88 valence electrons. The van der Waals surface area contributed by atoms with Crippen molar-refractivity contribution in [2.45, 2.75) is 19.2 Å². The van der Waals surface area contributed by atoms with Crippen LogP contribution in [0.2, 0.25) is 0 Å². The minimum absolute atomic E-state index is 0.323. The van der Waals surface area contributed by atoms with Crippen molar-refractivity contribution >= 4 is 35.8 Å². The Hall–Kier alpha value is -0.863. The topological polar surface area (TPSA) is 0 Å². The lowest BCUT2D eigenvalue weighted by atomic mass is 10.1. The fraction of sp³-hybridized carbons (Fsp3) is 0.200. The van der Waals surface area contributed by atoms with Crippen LogP contribution in [0.25, 0.3) is 0 Å². The van der Waals surface area contributed by atoms with Crippen LogP contribution in [0.15, 0.2) is 42.5 Å². The molecular formula is C15H17BrSi. The quantitative estimate of drug-likeness (QED) is 0.603. The van der Waals surface area contributed by atoms with E-state index in [1.165, 1.54) is 21.9 Å². The summed E-state index contributed by atoms with van der Waals surface area (Å²) in [6.07, 6.45) is 0. The number of hydrogen-bond donors (Lipinski definition) is 0. The van der Waals surface area contributed by atoms with E-state index < -0.39 is 0 Å². The predicted molar refractivity (Wildman–Crippen MR) is 82.8 cm³/mol. The largest absolute Gasteiger partial charge is 0.0878 e. The predicted octanol–water partition coefficient (Wildman–Crippen LogP) is 2.32. The molecule has 0 bridgehead atoms. The maximum atomic E-state index is 3.48. The van der Waals surface area contributed by atoms with E-state index in [9.17, 15) is 0 Å². The van der Waals surface area contributed by atoms with Crippen LogP contribution in [-0.2, 0) is 5.33 Å². The number of hydrogen-bond acceptors (Lipinski definition) is 0. The van der Waals surface area contributed by atoms with Crippen LogP contribution in [0, 0.1) is 13.8 Å². The summed E-state index contributed by atoms with van der Waals surface area (Å²) in [6, 6.07) is 15.7. The van der Waals surface area contributed by atoms with Crippen molar-refractivity contribution in [3.63, 3.8) is 0 Å². The van der Waals surface area contributed by atoms with Crippen LogP contribution in [0.3, 0.4) is 0 Å². The number of alkyl halides is 1. The summed E-state index contributed by atoms with van der Waals surface area (Å²) in [4.78, 5) is 0. The highest BCUT2D eigenvalue weighted by Crippen LogP contribution is 2.04. The zero-order chi connectivity index (χ0) is 12.3. The van der Waals surface area contributed by atoms with Gasteiger partial charge in [-0.15, -0.1) is 0 Å². The first-order valence-electron chi connectivity index (χ1n) is 5.89. The Kier molecular flexibility index (Phi) is 4.19. The molecule has 0 amide bonds. The average Bonchev–Trinajstić information content (AvgIpc) is 2.36. The van der Waals surface area contributed by atoms with E-state index >= 15 is 0 Å². The number of benzene rings is 2. The van der Waals surface area contributed by atoms with Crippen LogP contribution < -0.4 is 10.4 Å². The zero-order valence-electron chi connectivity index (χ0n) is 10.3. The SMILES string of the molecule is Cc1cccc([SiH2]c2ccc(CBr)cc2)c1C. The Morgan fingerprint density at radius 1 is 1.00 bits per heavy atom. The van der Waals surface area contributed by atoms with Crippen molar-refractivity contribution in [3.8, 4) is 0 Å². The maximum absolute atomic E-state index is 3.48. The molecule has 0 unspecified atom stereocenters. The second kappa shape index (κ2) is 5.65. The van der Waals surface area contributed by atoms with Gasteiger partial charge in [-0.05, 0) is 30.5 Å². The molecule has 2 heteroatoms. The van der Waals surface area contributed by atoms with Crippen molar-refractivity contribution in [2.75, 3.05) is 0 Å². The van der Waals surface area contributed by atoms with E-state index in [1.807, 2.05) is 0 Å². The maximum Gasteiger partial charge on any atom is 0.0878 e. The summed E-state index contributed by atoms with van der Waals surface area (Å²) in [7, 11) is -0.323. The lowest BCUT2D eigenvalue weighted by molar-refractivity contribution is 1.37. The lowest BCUT2D eigenvalue weighted by Crippen LogP contribution is -2.29. The summed E-state index contributed by atoms with van der Waals surface area (Å²) < 4.78 is 0. The van der Waals surface area contributed by atoms with Crippen LogP contribution in [-0.4, -0.2) is 9.52 Å². The molecule has 0 aromatic heterocycles. The normalized spacial score (nSPS) is 11.2. The highest BCUT2D eigenvalue weighted by atomic mass is 79.9. The Morgan fingerprint density at radius 3 is 2.35 bits per heavy atom. The molecule has 0 aliphatic heterocycles. The van der Waals surface area contributed by atoms with Gasteiger partial charge >= 0.3 is 0 Å². The summed E-state index contributed by atoms with van der Waals surface area (Å²) in [6.45, 7) is 4.44. The standard InChI is InChI=1S/C15H17BrSi/c1-11-4-3-5-15(12(11)2)17-14-8-6-13(10-16)7-9-14/h3-9H,10,17H2,1-2H3. The summed E-state index contributed by atoms with van der Waals surface area (Å²) >= 11 is 3.48. The zero-order valence-corrected chi connectivity index (χ0v) is 13.3. The Labute approximate surface area is 114 Å². The minimum atomic E-state index is -0.323. The second-order valence-electron chi connectivity index (χ2n) is 4.49. The van der Waals surface area contributed by atoms with Gasteiger partial charge in [-0.2, -0.15) is 0 Å². The first kappa shape index (κ1) is 12.6. The molecule has 0 atom stereocenters. The first-order valence-corrected chi connectivity index (χ1v) is 8.43. The van der Waals surface area contributed by atoms with Crippen LogP contribution in [0.4, 0.5) is 0 Å². The van der Waals surface area contributed by atoms with Gasteiger partial charge in [0.1, 0.15) is 0 Å². The molecule has 0 saturated carbocycles. The molecule has 2 aromatic rings. The molecule has 0 saturated heterocycles. The van der Waals surface area contributed by atoms with Gasteiger partial charge in [0, 0.05) is 5.33 Å². The smallest absolute Gasteiger partial charge is 0.0876 e. The fourth-order valence-electron chi connectivity index (χ4n) is 1.97. The molecule has 2 rings (SSSR count). The van der Waals surface area contributed by atoms with Crippen LogP contribution >= 0.6 is 15.9 Å². The third-order valence-electron chi connectivity index (χ3n) is 3.29. The van der Waals surface area contributed by atoms with Gasteiger partial charge in [0.05, 0.1) is 9.52 Å². The molecular weight excluding hydrogens is 288 g/mol. The number of aryl methyl sites for hydroxylation is 1. The molecule has 0 aliphatic carbocycles. The highest BCUT2D eigenvalue weighted by Gasteiger charge is 2.02.